The number of carbonyl (C=O) groups excluding carboxylic acids is 2. The molecule has 2 aliphatic heterocycles. The van der Waals surface area contributed by atoms with Crippen LogP contribution >= 0.6 is 0 Å². The fourth-order valence-corrected chi connectivity index (χ4v) is 6.10. The predicted molar refractivity (Wildman–Crippen MR) is 177 cm³/mol. The second-order valence-electron chi connectivity index (χ2n) is 12.1. The van der Waals surface area contributed by atoms with Crippen LogP contribution < -0.4 is 21.1 Å². The van der Waals surface area contributed by atoms with Crippen LogP contribution in [0, 0.1) is 5.92 Å². The third kappa shape index (κ3) is 10.8. The van der Waals surface area contributed by atoms with Gasteiger partial charge in [0.15, 0.2) is 17.3 Å². The van der Waals surface area contributed by atoms with Gasteiger partial charge in [-0.1, -0.05) is 62.1 Å². The summed E-state index contributed by atoms with van der Waals surface area (Å²) in [7, 11) is 1.50. The van der Waals surface area contributed by atoms with E-state index < -0.39 is 0 Å². The predicted octanol–water partition coefficient (Wildman–Crippen LogP) is 6.16. The van der Waals surface area contributed by atoms with Crippen molar-refractivity contribution in [2.24, 2.45) is 11.7 Å². The zero-order valence-corrected chi connectivity index (χ0v) is 26.2. The minimum absolute atomic E-state index is 0.00974. The number of methoxy groups -OCH3 is 1. The Morgan fingerprint density at radius 2 is 1.80 bits per heavy atom. The number of rotatable bonds is 17. The van der Waals surface area contributed by atoms with Crippen LogP contribution in [-0.2, 0) is 22.4 Å². The summed E-state index contributed by atoms with van der Waals surface area (Å²) < 4.78 is 5.35. The van der Waals surface area contributed by atoms with Gasteiger partial charge in [0.2, 0.25) is 0 Å². The molecule has 1 unspecified atom stereocenters. The number of phenolic OH excluding ortho intramolecular Hbond substituents is 1. The lowest BCUT2D eigenvalue weighted by molar-refractivity contribution is -0.124. The first kappa shape index (κ1) is 33.2. The summed E-state index contributed by atoms with van der Waals surface area (Å²) in [6.07, 6.45) is 17.6. The molecule has 0 bridgehead atoms. The number of unbranched alkanes of at least 4 members (excludes halogenated alkanes) is 3. The molecular formula is C37H49N3O4. The van der Waals surface area contributed by atoms with Gasteiger partial charge in [-0.05, 0) is 110 Å². The van der Waals surface area contributed by atoms with Gasteiger partial charge in [0.05, 0.1) is 19.7 Å². The third-order valence-electron chi connectivity index (χ3n) is 8.69. The Kier molecular flexibility index (Phi) is 13.3. The van der Waals surface area contributed by atoms with E-state index in [1.165, 1.54) is 44.4 Å². The molecule has 0 aliphatic carbocycles. The molecule has 7 heteroatoms. The maximum atomic E-state index is 12.7. The molecule has 2 aromatic carbocycles. The number of nitrogens with one attached hydrogen (secondary N) is 2. The number of dihydropyridines is 1. The molecule has 2 aromatic rings. The Morgan fingerprint density at radius 1 is 1.02 bits per heavy atom. The van der Waals surface area contributed by atoms with Gasteiger partial charge in [-0.15, -0.1) is 0 Å². The van der Waals surface area contributed by atoms with Crippen molar-refractivity contribution in [1.82, 2.24) is 10.6 Å². The van der Waals surface area contributed by atoms with E-state index in [0.717, 1.165) is 73.4 Å². The lowest BCUT2D eigenvalue weighted by atomic mass is 9.90. The van der Waals surface area contributed by atoms with Crippen LogP contribution in [0.2, 0.25) is 0 Å². The van der Waals surface area contributed by atoms with Crippen molar-refractivity contribution >= 4 is 17.6 Å². The fourth-order valence-electron chi connectivity index (χ4n) is 6.10. The molecule has 236 valence electrons. The molecule has 1 atom stereocenters. The average molecular weight is 600 g/mol. The normalized spacial score (nSPS) is 17.2. The first-order valence-electron chi connectivity index (χ1n) is 16.2. The maximum Gasteiger partial charge on any atom is 0.163 e. The molecule has 2 heterocycles. The summed E-state index contributed by atoms with van der Waals surface area (Å²) >= 11 is 0. The smallest absolute Gasteiger partial charge is 0.163 e. The number of hydrogen-bond donors (Lipinski definition) is 4. The molecule has 0 aromatic heterocycles. The SMILES string of the molecule is COc1cc(C=CC(=O)CC(=O)CCCCCCC2CCNCC2)c(CC2=CNC(N)C=C2CCc2ccccc2)cc1O. The summed E-state index contributed by atoms with van der Waals surface area (Å²) in [5, 5.41) is 17.2. The van der Waals surface area contributed by atoms with Gasteiger partial charge in [-0.3, -0.25) is 9.59 Å². The number of piperidine rings is 1. The fraction of sp³-hybridized carbons (Fsp3) is 0.459. The lowest BCUT2D eigenvalue weighted by Gasteiger charge is -2.22. The number of aromatic hydroxyl groups is 1. The highest BCUT2D eigenvalue weighted by Crippen LogP contribution is 2.33. The number of hydrogen-bond acceptors (Lipinski definition) is 7. The summed E-state index contributed by atoms with van der Waals surface area (Å²) in [4.78, 5) is 25.2. The summed E-state index contributed by atoms with van der Waals surface area (Å²) in [5.41, 5.74) is 11.3. The number of nitrogens with two attached hydrogens (primary N) is 1. The molecule has 0 spiro atoms. The molecule has 0 saturated carbocycles. The van der Waals surface area contributed by atoms with Crippen molar-refractivity contribution < 1.29 is 19.4 Å². The topological polar surface area (TPSA) is 114 Å². The Labute approximate surface area is 262 Å². The van der Waals surface area contributed by atoms with Crippen molar-refractivity contribution in [3.8, 4) is 11.5 Å². The molecule has 7 nitrogen and oxygen atoms in total. The highest BCUT2D eigenvalue weighted by molar-refractivity contribution is 6.06. The van der Waals surface area contributed by atoms with E-state index in [9.17, 15) is 14.7 Å². The van der Waals surface area contributed by atoms with Crippen LogP contribution in [0.15, 0.2) is 72.0 Å². The minimum Gasteiger partial charge on any atom is -0.504 e. The summed E-state index contributed by atoms with van der Waals surface area (Å²) in [6.45, 7) is 2.28. The molecule has 4 rings (SSSR count). The van der Waals surface area contributed by atoms with Gasteiger partial charge in [-0.25, -0.2) is 0 Å². The molecule has 0 radical (unpaired) electrons. The number of Topliss-reactive ketones (excluding diaryl/α,β-unsaturated/α-hetero) is 1. The largest absolute Gasteiger partial charge is 0.504 e. The highest BCUT2D eigenvalue weighted by Gasteiger charge is 2.17. The Morgan fingerprint density at radius 3 is 2.57 bits per heavy atom. The first-order valence-corrected chi connectivity index (χ1v) is 16.2. The number of ketones is 2. The van der Waals surface area contributed by atoms with Gasteiger partial charge in [-0.2, -0.15) is 0 Å². The maximum absolute atomic E-state index is 12.7. The van der Waals surface area contributed by atoms with E-state index in [4.69, 9.17) is 10.5 Å². The zero-order valence-electron chi connectivity index (χ0n) is 26.2. The second kappa shape index (κ2) is 17.6. The number of aryl methyl sites for hydroxylation is 1. The Balaban J connectivity index is 1.31. The van der Waals surface area contributed by atoms with E-state index in [1.807, 2.05) is 30.5 Å². The number of allylic oxidation sites excluding steroid dienone is 3. The standard InChI is InChI=1S/C37H49N3O4/c1-44-36-23-29(15-16-34(42)25-33(41)12-8-3-2-5-11-28-17-19-39-20-18-28)31(22-35(36)43)21-32-26-40-37(38)24-30(32)14-13-27-9-6-4-7-10-27/h4,6-7,9-10,15-16,22-24,26,28,37,39-40,43H,2-3,5,8,11-14,17-21,25,38H2,1H3. The van der Waals surface area contributed by atoms with Crippen molar-refractivity contribution in [3.63, 3.8) is 0 Å². The summed E-state index contributed by atoms with van der Waals surface area (Å²) in [5.74, 6) is 0.989. The highest BCUT2D eigenvalue weighted by atomic mass is 16.5. The van der Waals surface area contributed by atoms with Gasteiger partial charge >= 0.3 is 0 Å². The zero-order chi connectivity index (χ0) is 31.1. The van der Waals surface area contributed by atoms with Crippen molar-refractivity contribution in [2.75, 3.05) is 20.2 Å². The van der Waals surface area contributed by atoms with Crippen LogP contribution in [0.4, 0.5) is 0 Å². The van der Waals surface area contributed by atoms with E-state index in [-0.39, 0.29) is 29.9 Å². The molecule has 1 fully saturated rings. The van der Waals surface area contributed by atoms with Crippen molar-refractivity contribution in [1.29, 1.82) is 0 Å². The van der Waals surface area contributed by atoms with E-state index >= 15 is 0 Å². The number of carbonyl (C=O) groups is 2. The number of benzene rings is 2. The van der Waals surface area contributed by atoms with Crippen LogP contribution in [0.1, 0.15) is 80.9 Å². The van der Waals surface area contributed by atoms with Crippen LogP contribution in [0.3, 0.4) is 0 Å². The van der Waals surface area contributed by atoms with Crippen LogP contribution in [0.25, 0.3) is 6.08 Å². The minimum atomic E-state index is -0.261. The molecular weight excluding hydrogens is 550 g/mol. The van der Waals surface area contributed by atoms with Crippen molar-refractivity contribution in [3.05, 3.63) is 88.7 Å². The monoisotopic (exact) mass is 599 g/mol. The van der Waals surface area contributed by atoms with Crippen LogP contribution in [0.5, 0.6) is 11.5 Å². The van der Waals surface area contributed by atoms with Crippen molar-refractivity contribution in [2.45, 2.75) is 83.2 Å². The van der Waals surface area contributed by atoms with Crippen LogP contribution in [-0.4, -0.2) is 43.0 Å². The number of phenols is 1. The van der Waals surface area contributed by atoms with E-state index in [1.54, 1.807) is 18.2 Å². The lowest BCUT2D eigenvalue weighted by Crippen LogP contribution is -2.35. The van der Waals surface area contributed by atoms with E-state index in [0.29, 0.717) is 18.6 Å². The molecule has 1 saturated heterocycles. The van der Waals surface area contributed by atoms with Gasteiger partial charge in [0, 0.05) is 12.6 Å². The van der Waals surface area contributed by atoms with E-state index in [2.05, 4.69) is 22.8 Å². The first-order chi connectivity index (χ1) is 21.4. The van der Waals surface area contributed by atoms with Gasteiger partial charge < -0.3 is 26.2 Å². The second-order valence-corrected chi connectivity index (χ2v) is 12.1. The van der Waals surface area contributed by atoms with Gasteiger partial charge in [0.25, 0.3) is 0 Å². The van der Waals surface area contributed by atoms with Gasteiger partial charge in [0.1, 0.15) is 5.78 Å². The Bertz CT molecular complexity index is 1330. The quantitative estimate of drug-likeness (QED) is 0.0979. The average Bonchev–Trinajstić information content (AvgIpc) is 3.03. The Hall–Kier alpha value is -3.68. The number of ether oxygens (including phenoxy) is 1. The molecule has 2 aliphatic rings. The third-order valence-corrected chi connectivity index (χ3v) is 8.69. The molecule has 0 amide bonds. The summed E-state index contributed by atoms with van der Waals surface area (Å²) in [6, 6.07) is 13.8. The molecule has 5 N–H and O–H groups in total. The molecule has 44 heavy (non-hydrogen) atoms.